The van der Waals surface area contributed by atoms with Crippen LogP contribution in [0.2, 0.25) is 0 Å². The van der Waals surface area contributed by atoms with Gasteiger partial charge in [-0.25, -0.2) is 12.8 Å². The number of nitrogens with zero attached hydrogens (tertiary/aromatic N) is 1. The van der Waals surface area contributed by atoms with Crippen LogP contribution in [0.15, 0.2) is 71.6 Å². The van der Waals surface area contributed by atoms with Crippen LogP contribution in [-0.2, 0) is 27.8 Å². The van der Waals surface area contributed by atoms with Gasteiger partial charge in [0, 0.05) is 12.2 Å². The number of hydrogen-bond acceptors (Lipinski definition) is 3. The summed E-state index contributed by atoms with van der Waals surface area (Å²) in [5, 5.41) is 3.02. The molecule has 1 atom stereocenters. The summed E-state index contributed by atoms with van der Waals surface area (Å²) in [5.41, 5.74) is 4.42. The normalized spacial score (nSPS) is 16.5. The average molecular weight is 467 g/mol. The first kappa shape index (κ1) is 23.1. The zero-order valence-corrected chi connectivity index (χ0v) is 19.7. The molecule has 7 heteroatoms. The standard InChI is InChI=1S/C26H27FN2O3S/c1-17(2)23-10-6-7-18(3)25(23)28-26(30)24-15-19-8-4-5-9-20(19)16-29(24)33(31,32)22-13-11-21(27)12-14-22/h4-14,17,24H,15-16H2,1-3H3,(H,28,30)/t24-/m1/s1. The SMILES string of the molecule is Cc1cccc(C(C)C)c1NC(=O)[C@H]1Cc2ccccc2CN1S(=O)(=O)c1ccc(F)cc1. The molecule has 0 fully saturated rings. The van der Waals surface area contributed by atoms with E-state index in [1.807, 2.05) is 63.2 Å². The van der Waals surface area contributed by atoms with Crippen molar-refractivity contribution < 1.29 is 17.6 Å². The van der Waals surface area contributed by atoms with Crippen molar-refractivity contribution in [1.82, 2.24) is 4.31 Å². The molecule has 0 unspecified atom stereocenters. The van der Waals surface area contributed by atoms with E-state index in [2.05, 4.69) is 5.32 Å². The summed E-state index contributed by atoms with van der Waals surface area (Å²) in [6.07, 6.45) is 0.255. The fourth-order valence-corrected chi connectivity index (χ4v) is 5.83. The van der Waals surface area contributed by atoms with E-state index in [0.29, 0.717) is 0 Å². The number of amides is 1. The van der Waals surface area contributed by atoms with Gasteiger partial charge in [-0.1, -0.05) is 56.3 Å². The number of benzene rings is 3. The minimum Gasteiger partial charge on any atom is -0.324 e. The van der Waals surface area contributed by atoms with E-state index >= 15 is 0 Å². The lowest BCUT2D eigenvalue weighted by Gasteiger charge is -2.35. The van der Waals surface area contributed by atoms with Crippen LogP contribution in [0.5, 0.6) is 0 Å². The van der Waals surface area contributed by atoms with Crippen LogP contribution in [0, 0.1) is 12.7 Å². The van der Waals surface area contributed by atoms with E-state index in [1.54, 1.807) is 0 Å². The highest BCUT2D eigenvalue weighted by molar-refractivity contribution is 7.89. The third kappa shape index (κ3) is 4.56. The minimum atomic E-state index is -4.04. The monoisotopic (exact) mass is 466 g/mol. The number of carbonyl (C=O) groups is 1. The molecular formula is C26H27FN2O3S. The molecule has 5 nitrogen and oxygen atoms in total. The Balaban J connectivity index is 1.74. The molecule has 3 aromatic rings. The highest BCUT2D eigenvalue weighted by Crippen LogP contribution is 2.32. The zero-order chi connectivity index (χ0) is 23.8. The lowest BCUT2D eigenvalue weighted by Crippen LogP contribution is -2.50. The van der Waals surface area contributed by atoms with Crippen LogP contribution in [-0.4, -0.2) is 24.7 Å². The van der Waals surface area contributed by atoms with Crippen molar-refractivity contribution in [3.05, 3.63) is 94.8 Å². The number of rotatable bonds is 5. The van der Waals surface area contributed by atoms with Crippen molar-refractivity contribution in [2.45, 2.75) is 50.6 Å². The first-order valence-corrected chi connectivity index (χ1v) is 12.4. The third-order valence-electron chi connectivity index (χ3n) is 6.10. The van der Waals surface area contributed by atoms with E-state index in [1.165, 1.54) is 16.4 Å². The van der Waals surface area contributed by atoms with Crippen LogP contribution in [0.25, 0.3) is 0 Å². The highest BCUT2D eigenvalue weighted by Gasteiger charge is 2.40. The number of aryl methyl sites for hydroxylation is 1. The summed E-state index contributed by atoms with van der Waals surface area (Å²) in [7, 11) is -4.04. The molecule has 33 heavy (non-hydrogen) atoms. The first-order chi connectivity index (χ1) is 15.7. The Kier molecular flexibility index (Phi) is 6.36. The van der Waals surface area contributed by atoms with Gasteiger partial charge in [0.15, 0.2) is 0 Å². The van der Waals surface area contributed by atoms with E-state index in [9.17, 15) is 17.6 Å². The van der Waals surface area contributed by atoms with E-state index < -0.39 is 21.9 Å². The van der Waals surface area contributed by atoms with Gasteiger partial charge >= 0.3 is 0 Å². The number of nitrogens with one attached hydrogen (secondary N) is 1. The maximum atomic E-state index is 13.6. The number of para-hydroxylation sites is 1. The summed E-state index contributed by atoms with van der Waals surface area (Å²) >= 11 is 0. The van der Waals surface area contributed by atoms with Gasteiger partial charge in [0.1, 0.15) is 11.9 Å². The van der Waals surface area contributed by atoms with Crippen LogP contribution in [0.4, 0.5) is 10.1 Å². The Morgan fingerprint density at radius 3 is 2.33 bits per heavy atom. The number of sulfonamides is 1. The van der Waals surface area contributed by atoms with E-state index in [4.69, 9.17) is 0 Å². The van der Waals surface area contributed by atoms with Gasteiger partial charge in [0.2, 0.25) is 15.9 Å². The molecule has 1 aliphatic rings. The molecule has 0 saturated carbocycles. The van der Waals surface area contributed by atoms with Gasteiger partial charge in [-0.15, -0.1) is 0 Å². The van der Waals surface area contributed by atoms with Crippen molar-refractivity contribution >= 4 is 21.6 Å². The quantitative estimate of drug-likeness (QED) is 0.575. The summed E-state index contributed by atoms with van der Waals surface area (Å²) in [5.74, 6) is -0.717. The molecular weight excluding hydrogens is 439 g/mol. The van der Waals surface area contributed by atoms with Crippen molar-refractivity contribution in [1.29, 1.82) is 0 Å². The molecule has 1 amide bonds. The number of fused-ring (bicyclic) bond motifs is 1. The van der Waals surface area contributed by atoms with E-state index in [-0.39, 0.29) is 29.7 Å². The summed E-state index contributed by atoms with van der Waals surface area (Å²) in [6.45, 7) is 6.09. The molecule has 0 bridgehead atoms. The molecule has 0 saturated heterocycles. The molecule has 0 radical (unpaired) electrons. The Bertz CT molecular complexity index is 1290. The van der Waals surface area contributed by atoms with Crippen molar-refractivity contribution in [3.63, 3.8) is 0 Å². The van der Waals surface area contributed by atoms with Gasteiger partial charge in [-0.3, -0.25) is 4.79 Å². The molecule has 1 N–H and O–H groups in total. The van der Waals surface area contributed by atoms with Gasteiger partial charge in [-0.2, -0.15) is 4.31 Å². The van der Waals surface area contributed by atoms with Gasteiger partial charge in [-0.05, 0) is 65.8 Å². The summed E-state index contributed by atoms with van der Waals surface area (Å²) in [6, 6.07) is 17.1. The topological polar surface area (TPSA) is 66.5 Å². The molecule has 0 spiro atoms. The van der Waals surface area contributed by atoms with Crippen LogP contribution < -0.4 is 5.32 Å². The lowest BCUT2D eigenvalue weighted by atomic mass is 9.94. The second-order valence-electron chi connectivity index (χ2n) is 8.68. The molecule has 1 heterocycles. The van der Waals surface area contributed by atoms with Crippen LogP contribution >= 0.6 is 0 Å². The fourth-order valence-electron chi connectivity index (χ4n) is 4.27. The molecule has 172 valence electrons. The van der Waals surface area contributed by atoms with Gasteiger partial charge < -0.3 is 5.32 Å². The number of carbonyl (C=O) groups excluding carboxylic acids is 1. The summed E-state index contributed by atoms with van der Waals surface area (Å²) in [4.78, 5) is 13.5. The molecule has 0 aromatic heterocycles. The van der Waals surface area contributed by atoms with Gasteiger partial charge in [0.05, 0.1) is 4.90 Å². The van der Waals surface area contributed by atoms with Crippen molar-refractivity contribution in [2.75, 3.05) is 5.32 Å². The van der Waals surface area contributed by atoms with E-state index in [0.717, 1.165) is 40.1 Å². The highest BCUT2D eigenvalue weighted by atomic mass is 32.2. The maximum absolute atomic E-state index is 13.6. The largest absolute Gasteiger partial charge is 0.324 e. The maximum Gasteiger partial charge on any atom is 0.244 e. The number of hydrogen-bond donors (Lipinski definition) is 1. The van der Waals surface area contributed by atoms with Crippen molar-refractivity contribution in [3.8, 4) is 0 Å². The molecule has 3 aromatic carbocycles. The zero-order valence-electron chi connectivity index (χ0n) is 18.9. The summed E-state index contributed by atoms with van der Waals surface area (Å²) < 4.78 is 41.7. The smallest absolute Gasteiger partial charge is 0.244 e. The molecule has 0 aliphatic carbocycles. The lowest BCUT2D eigenvalue weighted by molar-refractivity contribution is -0.120. The van der Waals surface area contributed by atoms with Crippen LogP contribution in [0.1, 0.15) is 42.0 Å². The number of halogens is 1. The van der Waals surface area contributed by atoms with Crippen LogP contribution in [0.3, 0.4) is 0 Å². The first-order valence-electron chi connectivity index (χ1n) is 10.9. The predicted molar refractivity (Wildman–Crippen MR) is 127 cm³/mol. The Morgan fingerprint density at radius 1 is 1.00 bits per heavy atom. The number of anilines is 1. The molecule has 1 aliphatic heterocycles. The predicted octanol–water partition coefficient (Wildman–Crippen LogP) is 5.01. The average Bonchev–Trinajstić information content (AvgIpc) is 2.79. The second-order valence-corrected chi connectivity index (χ2v) is 10.6. The third-order valence-corrected chi connectivity index (χ3v) is 7.97. The fraction of sp³-hybridized carbons (Fsp3) is 0.269. The Labute approximate surface area is 194 Å². The Hall–Kier alpha value is -3.03. The van der Waals surface area contributed by atoms with Crippen molar-refractivity contribution in [2.24, 2.45) is 0 Å². The Morgan fingerprint density at radius 2 is 1.67 bits per heavy atom. The molecule has 4 rings (SSSR count). The van der Waals surface area contributed by atoms with Gasteiger partial charge in [0.25, 0.3) is 0 Å². The second kappa shape index (κ2) is 9.08. The minimum absolute atomic E-state index is 0.0418.